The number of nitro groups is 1. The number of non-ortho nitro benzene ring substituents is 1. The SMILES string of the molecule is CNc1ccc([N+](=O)[O-])cc1C(=O)Nc1ccc(Cl)cc1F. The van der Waals surface area contributed by atoms with Crippen molar-refractivity contribution in [2.45, 2.75) is 0 Å². The molecule has 2 rings (SSSR count). The number of carbonyl (C=O) groups excluding carboxylic acids is 1. The summed E-state index contributed by atoms with van der Waals surface area (Å²) in [5.41, 5.74) is 0.118. The first-order valence-corrected chi connectivity index (χ1v) is 6.52. The van der Waals surface area contributed by atoms with Crippen molar-refractivity contribution in [3.63, 3.8) is 0 Å². The van der Waals surface area contributed by atoms with Crippen LogP contribution >= 0.6 is 11.6 Å². The minimum atomic E-state index is -0.697. The highest BCUT2D eigenvalue weighted by atomic mass is 35.5. The van der Waals surface area contributed by atoms with E-state index >= 15 is 0 Å². The van der Waals surface area contributed by atoms with Gasteiger partial charge < -0.3 is 10.6 Å². The Hall–Kier alpha value is -2.67. The molecule has 0 spiro atoms. The van der Waals surface area contributed by atoms with E-state index in [2.05, 4.69) is 10.6 Å². The number of nitro benzene ring substituents is 1. The number of hydrogen-bond donors (Lipinski definition) is 2. The van der Waals surface area contributed by atoms with Crippen LogP contribution in [-0.2, 0) is 0 Å². The van der Waals surface area contributed by atoms with Crippen molar-refractivity contribution < 1.29 is 14.1 Å². The Balaban J connectivity index is 2.35. The van der Waals surface area contributed by atoms with Crippen LogP contribution in [0.1, 0.15) is 10.4 Å². The van der Waals surface area contributed by atoms with Gasteiger partial charge in [-0.25, -0.2) is 4.39 Å². The summed E-state index contributed by atoms with van der Waals surface area (Å²) in [6.45, 7) is 0. The van der Waals surface area contributed by atoms with Crippen molar-refractivity contribution in [3.8, 4) is 0 Å². The van der Waals surface area contributed by atoms with Gasteiger partial charge >= 0.3 is 0 Å². The third kappa shape index (κ3) is 3.32. The molecule has 0 heterocycles. The van der Waals surface area contributed by atoms with E-state index in [4.69, 9.17) is 11.6 Å². The first-order valence-electron chi connectivity index (χ1n) is 6.15. The molecular formula is C14H11ClFN3O3. The number of benzene rings is 2. The molecule has 0 unspecified atom stereocenters. The van der Waals surface area contributed by atoms with Crippen molar-refractivity contribution in [1.82, 2.24) is 0 Å². The van der Waals surface area contributed by atoms with Gasteiger partial charge in [-0.05, 0) is 24.3 Å². The molecule has 0 fully saturated rings. The fraction of sp³-hybridized carbons (Fsp3) is 0.0714. The number of carbonyl (C=O) groups is 1. The molecule has 8 heteroatoms. The number of rotatable bonds is 4. The second kappa shape index (κ2) is 6.40. The number of hydrogen-bond acceptors (Lipinski definition) is 4. The molecule has 114 valence electrons. The minimum Gasteiger partial charge on any atom is -0.387 e. The predicted molar refractivity (Wildman–Crippen MR) is 82.0 cm³/mol. The molecule has 0 aliphatic carbocycles. The second-order valence-electron chi connectivity index (χ2n) is 4.32. The molecule has 2 aromatic rings. The van der Waals surface area contributed by atoms with Crippen LogP contribution < -0.4 is 10.6 Å². The van der Waals surface area contributed by atoms with Crippen molar-refractivity contribution in [3.05, 3.63) is 62.9 Å². The molecule has 0 aromatic heterocycles. The third-order valence-electron chi connectivity index (χ3n) is 2.91. The van der Waals surface area contributed by atoms with E-state index in [1.54, 1.807) is 7.05 Å². The van der Waals surface area contributed by atoms with Gasteiger partial charge in [-0.3, -0.25) is 14.9 Å². The van der Waals surface area contributed by atoms with Crippen molar-refractivity contribution >= 4 is 34.6 Å². The first-order chi connectivity index (χ1) is 10.4. The Morgan fingerprint density at radius 3 is 2.50 bits per heavy atom. The zero-order chi connectivity index (χ0) is 16.3. The molecule has 0 saturated carbocycles. The van der Waals surface area contributed by atoms with Gasteiger partial charge in [0.15, 0.2) is 0 Å². The molecule has 0 aliphatic rings. The van der Waals surface area contributed by atoms with Gasteiger partial charge in [0.05, 0.1) is 16.2 Å². The zero-order valence-corrected chi connectivity index (χ0v) is 12.1. The number of anilines is 2. The summed E-state index contributed by atoms with van der Waals surface area (Å²) < 4.78 is 13.7. The second-order valence-corrected chi connectivity index (χ2v) is 4.75. The topological polar surface area (TPSA) is 84.3 Å². The molecule has 2 aromatic carbocycles. The number of nitrogens with zero attached hydrogens (tertiary/aromatic N) is 1. The van der Waals surface area contributed by atoms with E-state index in [0.29, 0.717) is 5.69 Å². The monoisotopic (exact) mass is 323 g/mol. The van der Waals surface area contributed by atoms with Gasteiger partial charge in [0, 0.05) is 29.9 Å². The molecule has 22 heavy (non-hydrogen) atoms. The Morgan fingerprint density at radius 1 is 1.23 bits per heavy atom. The Morgan fingerprint density at radius 2 is 1.91 bits per heavy atom. The third-order valence-corrected chi connectivity index (χ3v) is 3.14. The van der Waals surface area contributed by atoms with Gasteiger partial charge in [-0.2, -0.15) is 0 Å². The van der Waals surface area contributed by atoms with Crippen LogP contribution in [0.15, 0.2) is 36.4 Å². The maximum atomic E-state index is 13.7. The van der Waals surface area contributed by atoms with Gasteiger partial charge in [0.2, 0.25) is 0 Å². The average molecular weight is 324 g/mol. The average Bonchev–Trinajstić information content (AvgIpc) is 2.49. The summed E-state index contributed by atoms with van der Waals surface area (Å²) >= 11 is 5.64. The summed E-state index contributed by atoms with van der Waals surface area (Å²) in [5, 5.41) is 16.1. The highest BCUT2D eigenvalue weighted by molar-refractivity contribution is 6.30. The summed E-state index contributed by atoms with van der Waals surface area (Å²) in [6.07, 6.45) is 0. The smallest absolute Gasteiger partial charge is 0.270 e. The molecular weight excluding hydrogens is 313 g/mol. The molecule has 1 amide bonds. The Kier molecular flexibility index (Phi) is 4.57. The van der Waals surface area contributed by atoms with Gasteiger partial charge in [-0.1, -0.05) is 11.6 Å². The molecule has 0 radical (unpaired) electrons. The zero-order valence-electron chi connectivity index (χ0n) is 11.4. The summed E-state index contributed by atoms with van der Waals surface area (Å²) in [6, 6.07) is 7.59. The maximum Gasteiger partial charge on any atom is 0.270 e. The van der Waals surface area contributed by atoms with Crippen LogP contribution in [0, 0.1) is 15.9 Å². The first kappa shape index (κ1) is 15.7. The van der Waals surface area contributed by atoms with E-state index in [-0.39, 0.29) is 22.0 Å². The van der Waals surface area contributed by atoms with Crippen molar-refractivity contribution in [2.24, 2.45) is 0 Å². The van der Waals surface area contributed by atoms with Crippen LogP contribution in [0.4, 0.5) is 21.5 Å². The quantitative estimate of drug-likeness (QED) is 0.664. The highest BCUT2D eigenvalue weighted by Crippen LogP contribution is 2.24. The fourth-order valence-electron chi connectivity index (χ4n) is 1.83. The van der Waals surface area contributed by atoms with Gasteiger partial charge in [0.1, 0.15) is 5.82 Å². The number of halogens is 2. The lowest BCUT2D eigenvalue weighted by atomic mass is 10.1. The van der Waals surface area contributed by atoms with E-state index < -0.39 is 16.6 Å². The molecule has 0 saturated heterocycles. The standard InChI is InChI=1S/C14H11ClFN3O3/c1-17-12-5-3-9(19(21)22)7-10(12)14(20)18-13-4-2-8(15)6-11(13)16/h2-7,17H,1H3,(H,18,20). The van der Waals surface area contributed by atoms with Crippen molar-refractivity contribution in [2.75, 3.05) is 17.7 Å². The van der Waals surface area contributed by atoms with E-state index in [1.807, 2.05) is 0 Å². The molecule has 0 bridgehead atoms. The van der Waals surface area contributed by atoms with Gasteiger partial charge in [0.25, 0.3) is 11.6 Å². The fourth-order valence-corrected chi connectivity index (χ4v) is 1.99. The summed E-state index contributed by atoms with van der Waals surface area (Å²) in [7, 11) is 1.57. The van der Waals surface area contributed by atoms with Crippen LogP contribution in [0.3, 0.4) is 0 Å². The largest absolute Gasteiger partial charge is 0.387 e. The van der Waals surface area contributed by atoms with Crippen molar-refractivity contribution in [1.29, 1.82) is 0 Å². The molecule has 2 N–H and O–H groups in total. The number of nitrogens with one attached hydrogen (secondary N) is 2. The molecule has 0 aliphatic heterocycles. The lowest BCUT2D eigenvalue weighted by molar-refractivity contribution is -0.384. The Labute approximate surface area is 130 Å². The van der Waals surface area contributed by atoms with Gasteiger partial charge in [-0.15, -0.1) is 0 Å². The summed E-state index contributed by atoms with van der Waals surface area (Å²) in [4.78, 5) is 22.4. The van der Waals surface area contributed by atoms with E-state index in [1.165, 1.54) is 24.3 Å². The van der Waals surface area contributed by atoms with Crippen LogP contribution in [-0.4, -0.2) is 17.9 Å². The maximum absolute atomic E-state index is 13.7. The van der Waals surface area contributed by atoms with E-state index in [9.17, 15) is 19.3 Å². The lowest BCUT2D eigenvalue weighted by Gasteiger charge is -2.10. The summed E-state index contributed by atoms with van der Waals surface area (Å²) in [5.74, 6) is -1.37. The van der Waals surface area contributed by atoms with E-state index in [0.717, 1.165) is 12.1 Å². The Bertz CT molecular complexity index is 752. The minimum absolute atomic E-state index is 0.0334. The molecule has 6 nitrogen and oxygen atoms in total. The lowest BCUT2D eigenvalue weighted by Crippen LogP contribution is -2.15. The highest BCUT2D eigenvalue weighted by Gasteiger charge is 2.17. The predicted octanol–water partition coefficient (Wildman–Crippen LogP) is 3.68. The van der Waals surface area contributed by atoms with Crippen LogP contribution in [0.2, 0.25) is 5.02 Å². The molecule has 0 atom stereocenters. The van der Waals surface area contributed by atoms with Crippen LogP contribution in [0.5, 0.6) is 0 Å². The number of amides is 1. The van der Waals surface area contributed by atoms with Crippen LogP contribution in [0.25, 0.3) is 0 Å². The normalized spacial score (nSPS) is 10.1.